The molecule has 0 spiro atoms. The van der Waals surface area contributed by atoms with Gasteiger partial charge < -0.3 is 9.47 Å². The molecule has 1 saturated heterocycles. The van der Waals surface area contributed by atoms with E-state index in [0.29, 0.717) is 5.92 Å². The maximum atomic E-state index is 5.56. The smallest absolute Gasteiger partial charge is 0.155 e. The Morgan fingerprint density at radius 3 is 2.30 bits per heavy atom. The van der Waals surface area contributed by atoms with E-state index in [9.17, 15) is 0 Å². The van der Waals surface area contributed by atoms with E-state index in [1.54, 1.807) is 0 Å². The zero-order valence-electron chi connectivity index (χ0n) is 7.18. The fraction of sp³-hybridized carbons (Fsp3) is 1.00. The fourth-order valence-electron chi connectivity index (χ4n) is 1.06. The maximum Gasteiger partial charge on any atom is 0.155 e. The Kier molecular flexibility index (Phi) is 2.02. The summed E-state index contributed by atoms with van der Waals surface area (Å²) in [7, 11) is 0. The van der Waals surface area contributed by atoms with E-state index in [1.807, 2.05) is 6.92 Å². The van der Waals surface area contributed by atoms with Crippen LogP contribution >= 0.6 is 0 Å². The number of ether oxygens (including phenoxy) is 2. The van der Waals surface area contributed by atoms with Gasteiger partial charge in [0, 0.05) is 5.92 Å². The van der Waals surface area contributed by atoms with Crippen LogP contribution in [0, 0.1) is 5.92 Å². The molecule has 10 heavy (non-hydrogen) atoms. The summed E-state index contributed by atoms with van der Waals surface area (Å²) in [6.45, 7) is 9.11. The average Bonchev–Trinajstić information content (AvgIpc) is 1.78. The first kappa shape index (κ1) is 8.02. The second-order valence-corrected chi connectivity index (χ2v) is 3.52. The van der Waals surface area contributed by atoms with Crippen molar-refractivity contribution in [2.75, 3.05) is 6.61 Å². The third-order valence-electron chi connectivity index (χ3n) is 2.24. The first-order chi connectivity index (χ1) is 4.52. The van der Waals surface area contributed by atoms with Crippen molar-refractivity contribution in [2.45, 2.75) is 39.6 Å². The zero-order valence-corrected chi connectivity index (χ0v) is 7.18. The van der Waals surface area contributed by atoms with Crippen molar-refractivity contribution in [1.29, 1.82) is 0 Å². The minimum atomic E-state index is -0.0359. The van der Waals surface area contributed by atoms with Crippen LogP contribution in [-0.2, 0) is 9.47 Å². The van der Waals surface area contributed by atoms with Crippen molar-refractivity contribution in [3.8, 4) is 0 Å². The molecule has 0 saturated carbocycles. The lowest BCUT2D eigenvalue weighted by atomic mass is 9.92. The summed E-state index contributed by atoms with van der Waals surface area (Å²) < 4.78 is 10.9. The van der Waals surface area contributed by atoms with Gasteiger partial charge in [-0.05, 0) is 20.8 Å². The average molecular weight is 144 g/mol. The minimum absolute atomic E-state index is 0.0162. The first-order valence-electron chi connectivity index (χ1n) is 3.82. The highest BCUT2D eigenvalue weighted by atomic mass is 16.7. The Morgan fingerprint density at radius 1 is 1.30 bits per heavy atom. The molecule has 0 aromatic heterocycles. The molecule has 0 aromatic carbocycles. The topological polar surface area (TPSA) is 18.5 Å². The van der Waals surface area contributed by atoms with E-state index < -0.39 is 0 Å². The summed E-state index contributed by atoms with van der Waals surface area (Å²) in [5.41, 5.74) is -0.0162. The van der Waals surface area contributed by atoms with Crippen LogP contribution in [0.4, 0.5) is 0 Å². The van der Waals surface area contributed by atoms with Crippen LogP contribution in [0.5, 0.6) is 0 Å². The van der Waals surface area contributed by atoms with Crippen LogP contribution in [-0.4, -0.2) is 18.5 Å². The van der Waals surface area contributed by atoms with Gasteiger partial charge in [-0.2, -0.15) is 0 Å². The standard InChI is InChI=1S/C8H16O2/c1-6-5-9-7(2)10-8(6,3)4/h6-7H,5H2,1-4H3/t6-,7-/m0/s1. The van der Waals surface area contributed by atoms with Gasteiger partial charge in [0.15, 0.2) is 6.29 Å². The first-order valence-corrected chi connectivity index (χ1v) is 3.82. The van der Waals surface area contributed by atoms with Crippen molar-refractivity contribution >= 4 is 0 Å². The molecule has 0 radical (unpaired) electrons. The summed E-state index contributed by atoms with van der Waals surface area (Å²) in [6, 6.07) is 0. The summed E-state index contributed by atoms with van der Waals surface area (Å²) in [5.74, 6) is 0.490. The predicted octanol–water partition coefficient (Wildman–Crippen LogP) is 1.79. The van der Waals surface area contributed by atoms with Crippen LogP contribution in [0.25, 0.3) is 0 Å². The van der Waals surface area contributed by atoms with Gasteiger partial charge in [0.05, 0.1) is 12.2 Å². The second kappa shape index (κ2) is 2.51. The van der Waals surface area contributed by atoms with Crippen molar-refractivity contribution in [2.24, 2.45) is 5.92 Å². The Hall–Kier alpha value is -0.0800. The fourth-order valence-corrected chi connectivity index (χ4v) is 1.06. The lowest BCUT2D eigenvalue weighted by Gasteiger charge is -2.39. The Bertz CT molecular complexity index is 120. The Morgan fingerprint density at radius 2 is 1.90 bits per heavy atom. The van der Waals surface area contributed by atoms with E-state index >= 15 is 0 Å². The molecule has 1 heterocycles. The summed E-state index contributed by atoms with van der Waals surface area (Å²) >= 11 is 0. The van der Waals surface area contributed by atoms with Crippen LogP contribution in [0.2, 0.25) is 0 Å². The number of hydrogen-bond acceptors (Lipinski definition) is 2. The van der Waals surface area contributed by atoms with Crippen LogP contribution in [0.15, 0.2) is 0 Å². The third kappa shape index (κ3) is 1.50. The normalized spacial score (nSPS) is 39.6. The Labute approximate surface area is 62.5 Å². The predicted molar refractivity (Wildman–Crippen MR) is 39.7 cm³/mol. The molecule has 0 unspecified atom stereocenters. The molecular formula is C8H16O2. The molecule has 0 aromatic rings. The molecule has 0 amide bonds. The molecule has 0 N–H and O–H groups in total. The molecule has 2 atom stereocenters. The van der Waals surface area contributed by atoms with E-state index in [1.165, 1.54) is 0 Å². The van der Waals surface area contributed by atoms with Gasteiger partial charge in [-0.25, -0.2) is 0 Å². The highest BCUT2D eigenvalue weighted by Crippen LogP contribution is 2.27. The summed E-state index contributed by atoms with van der Waals surface area (Å²) in [5, 5.41) is 0. The highest BCUT2D eigenvalue weighted by molar-refractivity contribution is 4.78. The van der Waals surface area contributed by atoms with E-state index in [2.05, 4.69) is 20.8 Å². The molecule has 60 valence electrons. The SMILES string of the molecule is C[C@H]1OC[C@H](C)C(C)(C)O1. The lowest BCUT2D eigenvalue weighted by molar-refractivity contribution is -0.259. The van der Waals surface area contributed by atoms with Gasteiger partial charge in [-0.15, -0.1) is 0 Å². The number of rotatable bonds is 0. The second-order valence-electron chi connectivity index (χ2n) is 3.52. The quantitative estimate of drug-likeness (QED) is 0.516. The van der Waals surface area contributed by atoms with Gasteiger partial charge >= 0.3 is 0 Å². The molecular weight excluding hydrogens is 128 g/mol. The summed E-state index contributed by atoms with van der Waals surface area (Å²) in [4.78, 5) is 0. The molecule has 2 heteroatoms. The van der Waals surface area contributed by atoms with Crippen LogP contribution in [0.3, 0.4) is 0 Å². The van der Waals surface area contributed by atoms with Crippen molar-refractivity contribution < 1.29 is 9.47 Å². The highest BCUT2D eigenvalue weighted by Gasteiger charge is 2.33. The minimum Gasteiger partial charge on any atom is -0.353 e. The van der Waals surface area contributed by atoms with Gasteiger partial charge in [0.25, 0.3) is 0 Å². The van der Waals surface area contributed by atoms with Crippen LogP contribution in [0.1, 0.15) is 27.7 Å². The lowest BCUT2D eigenvalue weighted by Crippen LogP contribution is -2.44. The molecule has 1 aliphatic rings. The van der Waals surface area contributed by atoms with Gasteiger partial charge in [-0.3, -0.25) is 0 Å². The van der Waals surface area contributed by atoms with Crippen molar-refractivity contribution in [1.82, 2.24) is 0 Å². The van der Waals surface area contributed by atoms with E-state index in [0.717, 1.165) is 6.61 Å². The molecule has 1 rings (SSSR count). The van der Waals surface area contributed by atoms with E-state index in [-0.39, 0.29) is 11.9 Å². The summed E-state index contributed by atoms with van der Waals surface area (Å²) in [6.07, 6.45) is -0.0359. The van der Waals surface area contributed by atoms with Crippen LogP contribution < -0.4 is 0 Å². The molecule has 1 aliphatic heterocycles. The maximum absolute atomic E-state index is 5.56. The molecule has 0 bridgehead atoms. The monoisotopic (exact) mass is 144 g/mol. The van der Waals surface area contributed by atoms with Gasteiger partial charge in [0.2, 0.25) is 0 Å². The van der Waals surface area contributed by atoms with Crippen molar-refractivity contribution in [3.05, 3.63) is 0 Å². The largest absolute Gasteiger partial charge is 0.353 e. The van der Waals surface area contributed by atoms with Gasteiger partial charge in [0.1, 0.15) is 0 Å². The Balaban J connectivity index is 2.55. The molecule has 1 fully saturated rings. The molecule has 2 nitrogen and oxygen atoms in total. The third-order valence-corrected chi connectivity index (χ3v) is 2.24. The van der Waals surface area contributed by atoms with E-state index in [4.69, 9.17) is 9.47 Å². The zero-order chi connectivity index (χ0) is 7.78. The van der Waals surface area contributed by atoms with Gasteiger partial charge in [-0.1, -0.05) is 6.92 Å². The number of hydrogen-bond donors (Lipinski definition) is 0. The molecule has 0 aliphatic carbocycles. The van der Waals surface area contributed by atoms with Crippen molar-refractivity contribution in [3.63, 3.8) is 0 Å².